The van der Waals surface area contributed by atoms with Crippen LogP contribution in [0.25, 0.3) is 0 Å². The molecule has 0 bridgehead atoms. The van der Waals surface area contributed by atoms with Crippen molar-refractivity contribution in [1.82, 2.24) is 5.32 Å². The minimum atomic E-state index is -1.09. The number of amides is 1. The van der Waals surface area contributed by atoms with Crippen molar-refractivity contribution in [1.29, 1.82) is 0 Å². The monoisotopic (exact) mass is 848 g/mol. The van der Waals surface area contributed by atoms with Crippen molar-refractivity contribution in [3.05, 3.63) is 12.2 Å². The van der Waals surface area contributed by atoms with Crippen molar-refractivity contribution in [2.75, 3.05) is 6.61 Å². The third kappa shape index (κ3) is 45.1. The van der Waals surface area contributed by atoms with Gasteiger partial charge in [0.15, 0.2) is 0 Å². The number of aliphatic hydroxyl groups excluding tert-OH is 3. The lowest BCUT2D eigenvalue weighted by Gasteiger charge is -2.21. The van der Waals surface area contributed by atoms with Crippen molar-refractivity contribution in [3.63, 3.8) is 0 Å². The maximum absolute atomic E-state index is 12.5. The molecule has 0 fully saturated rings. The number of aliphatic hydroxyl groups is 3. The van der Waals surface area contributed by atoms with Gasteiger partial charge >= 0.3 is 0 Å². The van der Waals surface area contributed by atoms with Crippen LogP contribution in [0.5, 0.6) is 0 Å². The maximum atomic E-state index is 12.5. The summed E-state index contributed by atoms with van der Waals surface area (Å²) in [7, 11) is 0. The van der Waals surface area contributed by atoms with E-state index < -0.39 is 24.2 Å². The summed E-state index contributed by atoms with van der Waals surface area (Å²) in [4.78, 5) is 12.5. The molecule has 0 aromatic carbocycles. The molecule has 3 atom stereocenters. The van der Waals surface area contributed by atoms with E-state index in [1.165, 1.54) is 257 Å². The van der Waals surface area contributed by atoms with E-state index in [1.54, 1.807) is 6.08 Å². The molecule has 0 radical (unpaired) electrons. The molecule has 0 aromatic heterocycles. The van der Waals surface area contributed by atoms with Gasteiger partial charge in [0.25, 0.3) is 0 Å². The Hall–Kier alpha value is -0.910. The third-order valence-corrected chi connectivity index (χ3v) is 13.1. The molecule has 1 amide bonds. The van der Waals surface area contributed by atoms with Crippen molar-refractivity contribution in [2.45, 2.75) is 327 Å². The number of unbranched alkanes of at least 4 members (excludes halogenated alkanes) is 43. The predicted molar refractivity (Wildman–Crippen MR) is 264 cm³/mol. The van der Waals surface area contributed by atoms with Crippen LogP contribution in [0.1, 0.15) is 309 Å². The van der Waals surface area contributed by atoms with Crippen LogP contribution in [0, 0.1) is 0 Å². The molecule has 5 nitrogen and oxygen atoms in total. The van der Waals surface area contributed by atoms with Crippen LogP contribution >= 0.6 is 0 Å². The van der Waals surface area contributed by atoms with Crippen LogP contribution in [-0.4, -0.2) is 46.1 Å². The molecule has 358 valence electrons. The first-order valence-corrected chi connectivity index (χ1v) is 27.5. The number of hydrogen-bond donors (Lipinski definition) is 4. The van der Waals surface area contributed by atoms with Crippen molar-refractivity contribution >= 4 is 5.91 Å². The van der Waals surface area contributed by atoms with Crippen LogP contribution in [0.4, 0.5) is 0 Å². The van der Waals surface area contributed by atoms with Crippen LogP contribution in [0.15, 0.2) is 12.2 Å². The highest BCUT2D eigenvalue weighted by atomic mass is 16.3. The van der Waals surface area contributed by atoms with Gasteiger partial charge in [-0.3, -0.25) is 4.79 Å². The molecule has 5 heteroatoms. The van der Waals surface area contributed by atoms with E-state index in [0.717, 1.165) is 32.1 Å². The SMILES string of the molecule is CCCCCCCCCCCCCCCCCC/C=C/C(O)C(CO)NC(=O)C(O)CCCCCCCCCCCCCCCCCCCCCCCCCCCCCC. The molecule has 0 heterocycles. The van der Waals surface area contributed by atoms with Gasteiger partial charge in [0.2, 0.25) is 5.91 Å². The minimum absolute atomic E-state index is 0.359. The van der Waals surface area contributed by atoms with Gasteiger partial charge in [-0.05, 0) is 19.3 Å². The van der Waals surface area contributed by atoms with E-state index in [-0.39, 0.29) is 6.61 Å². The van der Waals surface area contributed by atoms with Gasteiger partial charge in [0.05, 0.1) is 18.8 Å². The number of nitrogens with one attached hydrogen (secondary N) is 1. The molecule has 60 heavy (non-hydrogen) atoms. The lowest BCUT2D eigenvalue weighted by atomic mass is 10.0. The van der Waals surface area contributed by atoms with Crippen molar-refractivity contribution in [2.24, 2.45) is 0 Å². The fraction of sp³-hybridized carbons (Fsp3) is 0.945. The summed E-state index contributed by atoms with van der Waals surface area (Å²) in [6, 6.07) is -0.794. The van der Waals surface area contributed by atoms with E-state index in [1.807, 2.05) is 6.08 Å². The van der Waals surface area contributed by atoms with Crippen molar-refractivity contribution < 1.29 is 20.1 Å². The van der Waals surface area contributed by atoms with E-state index in [9.17, 15) is 20.1 Å². The molecule has 0 aliphatic heterocycles. The largest absolute Gasteiger partial charge is 0.394 e. The Morgan fingerprint density at radius 2 is 0.650 bits per heavy atom. The summed E-state index contributed by atoms with van der Waals surface area (Å²) >= 11 is 0. The number of allylic oxidation sites excluding steroid dienone is 1. The molecule has 0 aliphatic rings. The molecule has 0 saturated carbocycles. The highest BCUT2D eigenvalue weighted by Gasteiger charge is 2.22. The highest BCUT2D eigenvalue weighted by molar-refractivity contribution is 5.80. The molecule has 4 N–H and O–H groups in total. The topological polar surface area (TPSA) is 89.8 Å². The Bertz CT molecular complexity index is 848. The standard InChI is InChI=1S/C55H109NO4/c1-3-5-7-9-11-13-15-17-19-21-23-24-25-26-27-28-29-30-31-32-34-36-38-40-42-44-46-48-50-54(59)55(60)56-52(51-57)53(58)49-47-45-43-41-39-37-35-33-22-20-18-16-14-12-10-8-6-4-2/h47,49,52-54,57-59H,3-46,48,50-51H2,1-2H3,(H,56,60)/b49-47+. The normalized spacial score (nSPS) is 13.3. The Morgan fingerprint density at radius 1 is 0.400 bits per heavy atom. The van der Waals surface area contributed by atoms with E-state index in [0.29, 0.717) is 6.42 Å². The van der Waals surface area contributed by atoms with Gasteiger partial charge < -0.3 is 20.6 Å². The molecule has 0 aromatic rings. The number of hydrogen-bond acceptors (Lipinski definition) is 4. The maximum Gasteiger partial charge on any atom is 0.249 e. The van der Waals surface area contributed by atoms with Gasteiger partial charge in [0.1, 0.15) is 6.10 Å². The molecule has 0 saturated heterocycles. The fourth-order valence-electron chi connectivity index (χ4n) is 8.84. The zero-order valence-electron chi connectivity index (χ0n) is 40.9. The first-order chi connectivity index (χ1) is 29.6. The van der Waals surface area contributed by atoms with Gasteiger partial charge in [-0.25, -0.2) is 0 Å². The average Bonchev–Trinajstić information content (AvgIpc) is 3.25. The first-order valence-electron chi connectivity index (χ1n) is 27.5. The predicted octanol–water partition coefficient (Wildman–Crippen LogP) is 16.7. The Kier molecular flexibility index (Phi) is 50.0. The Balaban J connectivity index is 3.52. The second-order valence-electron chi connectivity index (χ2n) is 19.2. The average molecular weight is 848 g/mol. The van der Waals surface area contributed by atoms with Crippen LogP contribution in [0.2, 0.25) is 0 Å². The highest BCUT2D eigenvalue weighted by Crippen LogP contribution is 2.18. The zero-order valence-corrected chi connectivity index (χ0v) is 40.9. The third-order valence-electron chi connectivity index (χ3n) is 13.1. The van der Waals surface area contributed by atoms with E-state index in [4.69, 9.17) is 0 Å². The summed E-state index contributed by atoms with van der Waals surface area (Å²) < 4.78 is 0. The Morgan fingerprint density at radius 3 is 0.917 bits per heavy atom. The summed E-state index contributed by atoms with van der Waals surface area (Å²) in [5.41, 5.74) is 0. The second kappa shape index (κ2) is 50.7. The molecular weight excluding hydrogens is 739 g/mol. The quantitative estimate of drug-likeness (QED) is 0.0363. The molecular formula is C55H109NO4. The summed E-state index contributed by atoms with van der Waals surface area (Å²) in [6.45, 7) is 4.22. The van der Waals surface area contributed by atoms with Crippen LogP contribution < -0.4 is 5.32 Å². The van der Waals surface area contributed by atoms with Gasteiger partial charge in [-0.1, -0.05) is 302 Å². The minimum Gasteiger partial charge on any atom is -0.394 e. The van der Waals surface area contributed by atoms with Gasteiger partial charge in [0, 0.05) is 0 Å². The number of carbonyl (C=O) groups is 1. The Labute approximate surface area is 376 Å². The number of rotatable bonds is 51. The van der Waals surface area contributed by atoms with E-state index >= 15 is 0 Å². The molecule has 0 aliphatic carbocycles. The summed E-state index contributed by atoms with van der Waals surface area (Å²) in [5.74, 6) is -0.496. The summed E-state index contributed by atoms with van der Waals surface area (Å²) in [6.07, 6.45) is 62.9. The van der Waals surface area contributed by atoms with Gasteiger partial charge in [-0.15, -0.1) is 0 Å². The summed E-state index contributed by atoms with van der Waals surface area (Å²) in [5, 5.41) is 33.3. The second-order valence-corrected chi connectivity index (χ2v) is 19.2. The van der Waals surface area contributed by atoms with Gasteiger partial charge in [-0.2, -0.15) is 0 Å². The van der Waals surface area contributed by atoms with E-state index in [2.05, 4.69) is 19.2 Å². The first kappa shape index (κ1) is 59.1. The fourth-order valence-corrected chi connectivity index (χ4v) is 8.84. The lowest BCUT2D eigenvalue weighted by Crippen LogP contribution is -2.48. The zero-order chi connectivity index (χ0) is 43.7. The molecule has 3 unspecified atom stereocenters. The van der Waals surface area contributed by atoms with Crippen LogP contribution in [-0.2, 0) is 4.79 Å². The number of carbonyl (C=O) groups excluding carboxylic acids is 1. The molecule has 0 spiro atoms. The van der Waals surface area contributed by atoms with Crippen LogP contribution in [0.3, 0.4) is 0 Å². The van der Waals surface area contributed by atoms with Crippen molar-refractivity contribution in [3.8, 4) is 0 Å². The lowest BCUT2D eigenvalue weighted by molar-refractivity contribution is -0.131. The molecule has 0 rings (SSSR count). The smallest absolute Gasteiger partial charge is 0.249 e.